The molecule has 0 fully saturated rings. The number of unbranched alkanes of at least 4 members (excludes halogenated alkanes) is 4. The molecule has 102 valence electrons. The average Bonchev–Trinajstić information content (AvgIpc) is 2.26. The summed E-state index contributed by atoms with van der Waals surface area (Å²) < 4.78 is 0. The molecule has 0 aromatic carbocycles. The zero-order valence-electron chi connectivity index (χ0n) is 12.7. The van der Waals surface area contributed by atoms with E-state index in [-0.39, 0.29) is 0 Å². The summed E-state index contributed by atoms with van der Waals surface area (Å²) in [6.45, 7) is 14.1. The fourth-order valence-electron chi connectivity index (χ4n) is 1.74. The number of hydrogen-bond acceptors (Lipinski definition) is 2. The van der Waals surface area contributed by atoms with Crippen LogP contribution in [0.3, 0.4) is 0 Å². The maximum absolute atomic E-state index is 4.56. The van der Waals surface area contributed by atoms with Crippen molar-refractivity contribution in [2.24, 2.45) is 9.98 Å². The van der Waals surface area contributed by atoms with Crippen LogP contribution in [0.1, 0.15) is 66.7 Å². The standard InChI is InChI=1S/C16H28N2/c1-7-8-9-10-11-12-17-16(13(2)3)15(6)18-14(4)5/h12H,4,7-11H2,1-3,5-6H3. The van der Waals surface area contributed by atoms with Crippen LogP contribution in [0.2, 0.25) is 0 Å². The van der Waals surface area contributed by atoms with Crippen LogP contribution in [0.15, 0.2) is 33.5 Å². The molecule has 0 unspecified atom stereocenters. The van der Waals surface area contributed by atoms with Gasteiger partial charge in [0.25, 0.3) is 0 Å². The lowest BCUT2D eigenvalue weighted by Gasteiger charge is -2.04. The van der Waals surface area contributed by atoms with E-state index in [4.69, 9.17) is 0 Å². The summed E-state index contributed by atoms with van der Waals surface area (Å²) in [7, 11) is 0. The topological polar surface area (TPSA) is 24.7 Å². The number of aliphatic imine (C=N–C) groups is 2. The van der Waals surface area contributed by atoms with E-state index in [2.05, 4.69) is 37.3 Å². The molecule has 0 bridgehead atoms. The van der Waals surface area contributed by atoms with Gasteiger partial charge in [0.1, 0.15) is 0 Å². The average molecular weight is 248 g/mol. The van der Waals surface area contributed by atoms with Gasteiger partial charge in [0, 0.05) is 11.9 Å². The van der Waals surface area contributed by atoms with Gasteiger partial charge >= 0.3 is 0 Å². The van der Waals surface area contributed by atoms with Crippen molar-refractivity contribution in [3.8, 4) is 0 Å². The van der Waals surface area contributed by atoms with Gasteiger partial charge in [-0.05, 0) is 46.1 Å². The monoisotopic (exact) mass is 248 g/mol. The Kier molecular flexibility index (Phi) is 9.17. The van der Waals surface area contributed by atoms with Crippen LogP contribution in [0, 0.1) is 0 Å². The predicted octanol–water partition coefficient (Wildman–Crippen LogP) is 5.32. The minimum absolute atomic E-state index is 0.824. The zero-order chi connectivity index (χ0) is 14.0. The van der Waals surface area contributed by atoms with Gasteiger partial charge in [0.05, 0.1) is 11.4 Å². The molecule has 0 aliphatic carbocycles. The van der Waals surface area contributed by atoms with Crippen molar-refractivity contribution < 1.29 is 0 Å². The summed E-state index contributed by atoms with van der Waals surface area (Å²) >= 11 is 0. The molecule has 2 heteroatoms. The Hall–Kier alpha value is -1.18. The molecule has 0 atom stereocenters. The SMILES string of the molecule is C=C(C)N=C(C)C(N=CCCCCCC)=C(C)C. The number of rotatable bonds is 8. The Morgan fingerprint density at radius 2 is 1.72 bits per heavy atom. The molecular weight excluding hydrogens is 220 g/mol. The Morgan fingerprint density at radius 1 is 1.06 bits per heavy atom. The Balaban J connectivity index is 4.44. The van der Waals surface area contributed by atoms with E-state index in [0.29, 0.717) is 0 Å². The molecule has 2 nitrogen and oxygen atoms in total. The van der Waals surface area contributed by atoms with Gasteiger partial charge in [0.2, 0.25) is 0 Å². The van der Waals surface area contributed by atoms with Gasteiger partial charge in [-0.25, -0.2) is 0 Å². The molecule has 0 heterocycles. The van der Waals surface area contributed by atoms with E-state index in [1.807, 2.05) is 20.1 Å². The molecule has 0 saturated heterocycles. The first-order chi connectivity index (χ1) is 8.49. The molecule has 0 aromatic heterocycles. The summed E-state index contributed by atoms with van der Waals surface area (Å²) in [6.07, 6.45) is 8.20. The summed E-state index contributed by atoms with van der Waals surface area (Å²) in [6, 6.07) is 0. The minimum atomic E-state index is 0.824. The highest BCUT2D eigenvalue weighted by atomic mass is 14.8. The van der Waals surface area contributed by atoms with E-state index in [0.717, 1.165) is 23.5 Å². The fraction of sp³-hybridized carbons (Fsp3) is 0.625. The lowest BCUT2D eigenvalue weighted by atomic mass is 10.1. The van der Waals surface area contributed by atoms with E-state index in [1.165, 1.54) is 31.3 Å². The van der Waals surface area contributed by atoms with Crippen LogP contribution >= 0.6 is 0 Å². The van der Waals surface area contributed by atoms with Crippen molar-refractivity contribution in [3.63, 3.8) is 0 Å². The fourth-order valence-corrected chi connectivity index (χ4v) is 1.74. The number of allylic oxidation sites excluding steroid dienone is 3. The van der Waals surface area contributed by atoms with E-state index in [1.54, 1.807) is 0 Å². The van der Waals surface area contributed by atoms with Crippen LogP contribution < -0.4 is 0 Å². The largest absolute Gasteiger partial charge is 0.259 e. The van der Waals surface area contributed by atoms with Gasteiger partial charge in [-0.1, -0.05) is 32.8 Å². The first-order valence-electron chi connectivity index (χ1n) is 6.90. The molecule has 0 N–H and O–H groups in total. The lowest BCUT2D eigenvalue weighted by molar-refractivity contribution is 0.685. The van der Waals surface area contributed by atoms with Gasteiger partial charge in [-0.3, -0.25) is 9.98 Å². The second-order valence-corrected chi connectivity index (χ2v) is 4.94. The molecule has 0 rings (SSSR count). The van der Waals surface area contributed by atoms with Crippen molar-refractivity contribution in [2.45, 2.75) is 66.7 Å². The highest BCUT2D eigenvalue weighted by Crippen LogP contribution is 2.10. The van der Waals surface area contributed by atoms with Crippen LogP contribution in [-0.4, -0.2) is 11.9 Å². The smallest absolute Gasteiger partial charge is 0.0824 e. The summed E-state index contributed by atoms with van der Waals surface area (Å²) in [5.74, 6) is 0. The quantitative estimate of drug-likeness (QED) is 0.410. The van der Waals surface area contributed by atoms with Crippen LogP contribution in [0.4, 0.5) is 0 Å². The molecular formula is C16H28N2. The third-order valence-corrected chi connectivity index (χ3v) is 2.58. The molecule has 0 amide bonds. The summed E-state index contributed by atoms with van der Waals surface area (Å²) in [5, 5.41) is 0. The van der Waals surface area contributed by atoms with Gasteiger partial charge < -0.3 is 0 Å². The maximum atomic E-state index is 4.56. The molecule has 0 aliphatic rings. The van der Waals surface area contributed by atoms with Crippen molar-refractivity contribution >= 4 is 11.9 Å². The van der Waals surface area contributed by atoms with E-state index >= 15 is 0 Å². The molecule has 0 spiro atoms. The Morgan fingerprint density at radius 3 is 2.22 bits per heavy atom. The first kappa shape index (κ1) is 16.8. The number of nitrogens with zero attached hydrogens (tertiary/aromatic N) is 2. The second-order valence-electron chi connectivity index (χ2n) is 4.94. The molecule has 18 heavy (non-hydrogen) atoms. The Bertz CT molecular complexity index is 342. The van der Waals surface area contributed by atoms with Crippen LogP contribution in [0.25, 0.3) is 0 Å². The van der Waals surface area contributed by atoms with Crippen LogP contribution in [-0.2, 0) is 0 Å². The molecule has 0 saturated carbocycles. The molecule has 0 aromatic rings. The molecule has 0 aliphatic heterocycles. The third-order valence-electron chi connectivity index (χ3n) is 2.58. The van der Waals surface area contributed by atoms with Crippen molar-refractivity contribution in [1.29, 1.82) is 0 Å². The van der Waals surface area contributed by atoms with Gasteiger partial charge in [-0.15, -0.1) is 0 Å². The second kappa shape index (κ2) is 9.81. The predicted molar refractivity (Wildman–Crippen MR) is 83.5 cm³/mol. The zero-order valence-corrected chi connectivity index (χ0v) is 12.7. The minimum Gasteiger partial charge on any atom is -0.259 e. The highest BCUT2D eigenvalue weighted by Gasteiger charge is 2.01. The normalized spacial score (nSPS) is 11.9. The highest BCUT2D eigenvalue weighted by molar-refractivity contribution is 6.00. The Labute approximate surface area is 113 Å². The van der Waals surface area contributed by atoms with E-state index < -0.39 is 0 Å². The van der Waals surface area contributed by atoms with Crippen LogP contribution in [0.5, 0.6) is 0 Å². The summed E-state index contributed by atoms with van der Waals surface area (Å²) in [4.78, 5) is 8.93. The third kappa shape index (κ3) is 7.99. The lowest BCUT2D eigenvalue weighted by Crippen LogP contribution is -1.98. The van der Waals surface area contributed by atoms with Gasteiger partial charge in [-0.2, -0.15) is 0 Å². The van der Waals surface area contributed by atoms with Crippen molar-refractivity contribution in [1.82, 2.24) is 0 Å². The van der Waals surface area contributed by atoms with Crippen molar-refractivity contribution in [3.05, 3.63) is 23.5 Å². The van der Waals surface area contributed by atoms with Gasteiger partial charge in [0.15, 0.2) is 0 Å². The summed E-state index contributed by atoms with van der Waals surface area (Å²) in [5.41, 5.74) is 3.97. The van der Waals surface area contributed by atoms with E-state index in [9.17, 15) is 0 Å². The molecule has 0 radical (unpaired) electrons. The first-order valence-corrected chi connectivity index (χ1v) is 6.90. The maximum Gasteiger partial charge on any atom is 0.0824 e. The van der Waals surface area contributed by atoms with Crippen molar-refractivity contribution in [2.75, 3.05) is 0 Å². The number of hydrogen-bond donors (Lipinski definition) is 0.